The molecule has 14 heavy (non-hydrogen) atoms. The summed E-state index contributed by atoms with van der Waals surface area (Å²) >= 11 is 0. The van der Waals surface area contributed by atoms with Crippen molar-refractivity contribution in [2.45, 2.75) is 44.7 Å². The summed E-state index contributed by atoms with van der Waals surface area (Å²) in [6.07, 6.45) is 4.38. The highest BCUT2D eigenvalue weighted by atomic mass is 15.2. The fraction of sp³-hybridized carbons (Fsp3) is 0.909. The zero-order chi connectivity index (χ0) is 10.4. The van der Waals surface area contributed by atoms with Crippen LogP contribution in [0.5, 0.6) is 0 Å². The van der Waals surface area contributed by atoms with Crippen LogP contribution < -0.4 is 5.32 Å². The van der Waals surface area contributed by atoms with Crippen LogP contribution in [0.1, 0.15) is 32.6 Å². The first-order valence-electron chi connectivity index (χ1n) is 5.55. The summed E-state index contributed by atoms with van der Waals surface area (Å²) < 4.78 is 0. The minimum absolute atomic E-state index is 0.615. The number of unbranched alkanes of at least 4 members (excludes halogenated alkanes) is 1. The van der Waals surface area contributed by atoms with Crippen LogP contribution in [0.2, 0.25) is 0 Å². The van der Waals surface area contributed by atoms with Gasteiger partial charge in [-0.1, -0.05) is 0 Å². The van der Waals surface area contributed by atoms with Gasteiger partial charge < -0.3 is 5.32 Å². The van der Waals surface area contributed by atoms with Gasteiger partial charge in [0, 0.05) is 25.0 Å². The lowest BCUT2D eigenvalue weighted by molar-refractivity contribution is 0.241. The van der Waals surface area contributed by atoms with Crippen LogP contribution >= 0.6 is 0 Å². The van der Waals surface area contributed by atoms with E-state index >= 15 is 0 Å². The Balaban J connectivity index is 1.97. The molecule has 1 saturated carbocycles. The molecule has 0 aliphatic heterocycles. The Hall–Kier alpha value is -0.590. The van der Waals surface area contributed by atoms with Crippen molar-refractivity contribution in [2.24, 2.45) is 0 Å². The lowest BCUT2D eigenvalue weighted by Gasteiger charge is -2.24. The summed E-state index contributed by atoms with van der Waals surface area (Å²) in [4.78, 5) is 2.46. The molecule has 0 bridgehead atoms. The molecule has 80 valence electrons. The molecule has 1 unspecified atom stereocenters. The van der Waals surface area contributed by atoms with Gasteiger partial charge in [0.1, 0.15) is 0 Å². The van der Waals surface area contributed by atoms with Crippen molar-refractivity contribution in [1.82, 2.24) is 10.2 Å². The van der Waals surface area contributed by atoms with E-state index in [1.54, 1.807) is 0 Å². The van der Waals surface area contributed by atoms with Crippen molar-refractivity contribution in [2.75, 3.05) is 20.1 Å². The molecule has 0 aromatic heterocycles. The van der Waals surface area contributed by atoms with E-state index in [4.69, 9.17) is 5.26 Å². The van der Waals surface area contributed by atoms with Gasteiger partial charge in [0.15, 0.2) is 0 Å². The molecule has 1 aliphatic carbocycles. The number of nitrogens with one attached hydrogen (secondary N) is 1. The van der Waals surface area contributed by atoms with Gasteiger partial charge in [-0.15, -0.1) is 0 Å². The van der Waals surface area contributed by atoms with Gasteiger partial charge in [-0.3, -0.25) is 4.90 Å². The van der Waals surface area contributed by atoms with E-state index in [2.05, 4.69) is 30.3 Å². The van der Waals surface area contributed by atoms with Crippen LogP contribution in [-0.2, 0) is 0 Å². The molecule has 0 aromatic rings. The summed E-state index contributed by atoms with van der Waals surface area (Å²) in [5.74, 6) is 0. The van der Waals surface area contributed by atoms with Gasteiger partial charge in [-0.2, -0.15) is 5.26 Å². The van der Waals surface area contributed by atoms with Gasteiger partial charge in [0.25, 0.3) is 0 Å². The fourth-order valence-electron chi connectivity index (χ4n) is 1.59. The third-order valence-electron chi connectivity index (χ3n) is 2.90. The third kappa shape index (κ3) is 4.08. The number of rotatable bonds is 7. The van der Waals surface area contributed by atoms with Gasteiger partial charge in [0.05, 0.1) is 6.07 Å². The van der Waals surface area contributed by atoms with Crippen LogP contribution in [0.3, 0.4) is 0 Å². The summed E-state index contributed by atoms with van der Waals surface area (Å²) in [6.45, 7) is 4.27. The third-order valence-corrected chi connectivity index (χ3v) is 2.90. The van der Waals surface area contributed by atoms with Crippen LogP contribution in [0.4, 0.5) is 0 Å². The van der Waals surface area contributed by atoms with E-state index < -0.39 is 0 Å². The van der Waals surface area contributed by atoms with Gasteiger partial charge in [-0.25, -0.2) is 0 Å². The minimum atomic E-state index is 0.615. The molecule has 3 heteroatoms. The highest BCUT2D eigenvalue weighted by Crippen LogP contribution is 2.26. The Kier molecular flexibility index (Phi) is 4.92. The van der Waals surface area contributed by atoms with Crippen molar-refractivity contribution in [3.63, 3.8) is 0 Å². The predicted octanol–water partition coefficient (Wildman–Crippen LogP) is 1.36. The standard InChI is InChI=1S/C11H21N3/c1-10(14(2)11-5-6-11)9-13-8-4-3-7-12/h10-11,13H,3-6,8-9H2,1-2H3. The minimum Gasteiger partial charge on any atom is -0.315 e. The molecule has 0 spiro atoms. The molecule has 1 N–H and O–H groups in total. The van der Waals surface area contributed by atoms with Crippen molar-refractivity contribution < 1.29 is 0 Å². The Morgan fingerprint density at radius 3 is 2.86 bits per heavy atom. The van der Waals surface area contributed by atoms with E-state index in [9.17, 15) is 0 Å². The van der Waals surface area contributed by atoms with Crippen molar-refractivity contribution in [1.29, 1.82) is 5.26 Å². The summed E-state index contributed by atoms with van der Waals surface area (Å²) in [7, 11) is 2.21. The molecule has 0 amide bonds. The Bertz CT molecular complexity index is 193. The van der Waals surface area contributed by atoms with Gasteiger partial charge in [-0.05, 0) is 39.8 Å². The second-order valence-corrected chi connectivity index (χ2v) is 4.21. The fourth-order valence-corrected chi connectivity index (χ4v) is 1.59. The Morgan fingerprint density at radius 2 is 2.29 bits per heavy atom. The van der Waals surface area contributed by atoms with Crippen molar-refractivity contribution in [3.8, 4) is 6.07 Å². The molecule has 0 radical (unpaired) electrons. The number of likely N-dealkylation sites (N-methyl/N-ethyl adjacent to an activating group) is 1. The number of nitrogens with zero attached hydrogens (tertiary/aromatic N) is 2. The van der Waals surface area contributed by atoms with E-state index in [0.29, 0.717) is 12.5 Å². The smallest absolute Gasteiger partial charge is 0.0622 e. The second kappa shape index (κ2) is 6.00. The maximum absolute atomic E-state index is 8.36. The monoisotopic (exact) mass is 195 g/mol. The highest BCUT2D eigenvalue weighted by Gasteiger charge is 2.28. The molecular weight excluding hydrogens is 174 g/mol. The molecule has 1 rings (SSSR count). The molecule has 0 heterocycles. The zero-order valence-corrected chi connectivity index (χ0v) is 9.29. The molecule has 1 aliphatic rings. The SMILES string of the molecule is CC(CNCCCC#N)N(C)C1CC1. The maximum atomic E-state index is 8.36. The normalized spacial score (nSPS) is 18.1. The summed E-state index contributed by atoms with van der Waals surface area (Å²) in [6, 6.07) is 3.61. The van der Waals surface area contributed by atoms with Crippen molar-refractivity contribution >= 4 is 0 Å². The summed E-state index contributed by atoms with van der Waals surface area (Å²) in [5.41, 5.74) is 0. The van der Waals surface area contributed by atoms with Crippen molar-refractivity contribution in [3.05, 3.63) is 0 Å². The molecular formula is C11H21N3. The number of hydrogen-bond acceptors (Lipinski definition) is 3. The molecule has 1 fully saturated rings. The first kappa shape index (κ1) is 11.5. The van der Waals surface area contributed by atoms with Crippen LogP contribution in [0, 0.1) is 11.3 Å². The van der Waals surface area contributed by atoms with Gasteiger partial charge in [0.2, 0.25) is 0 Å². The molecule has 3 nitrogen and oxygen atoms in total. The average Bonchev–Trinajstić information content (AvgIpc) is 2.99. The van der Waals surface area contributed by atoms with Gasteiger partial charge >= 0.3 is 0 Å². The molecule has 0 aromatic carbocycles. The lowest BCUT2D eigenvalue weighted by Crippen LogP contribution is -2.39. The predicted molar refractivity (Wildman–Crippen MR) is 58.0 cm³/mol. The van der Waals surface area contributed by atoms with E-state index in [-0.39, 0.29) is 0 Å². The van der Waals surface area contributed by atoms with E-state index in [1.807, 2.05) is 0 Å². The summed E-state index contributed by atoms with van der Waals surface area (Å²) in [5, 5.41) is 11.7. The topological polar surface area (TPSA) is 39.1 Å². The Morgan fingerprint density at radius 1 is 1.57 bits per heavy atom. The lowest BCUT2D eigenvalue weighted by atomic mass is 10.2. The van der Waals surface area contributed by atoms with Crippen LogP contribution in [-0.4, -0.2) is 37.1 Å². The van der Waals surface area contributed by atoms with E-state index in [1.165, 1.54) is 12.8 Å². The molecule has 1 atom stereocenters. The van der Waals surface area contributed by atoms with E-state index in [0.717, 1.165) is 25.6 Å². The first-order chi connectivity index (χ1) is 6.75. The Labute approximate surface area is 87.1 Å². The molecule has 0 saturated heterocycles. The zero-order valence-electron chi connectivity index (χ0n) is 9.29. The first-order valence-corrected chi connectivity index (χ1v) is 5.55. The average molecular weight is 195 g/mol. The highest BCUT2D eigenvalue weighted by molar-refractivity contribution is 4.85. The number of hydrogen-bond donors (Lipinski definition) is 1. The largest absolute Gasteiger partial charge is 0.315 e. The van der Waals surface area contributed by atoms with Crippen LogP contribution in [0.25, 0.3) is 0 Å². The maximum Gasteiger partial charge on any atom is 0.0622 e. The quantitative estimate of drug-likeness (QED) is 0.623. The van der Waals surface area contributed by atoms with Crippen LogP contribution in [0.15, 0.2) is 0 Å². The second-order valence-electron chi connectivity index (χ2n) is 4.21. The number of nitriles is 1.